The van der Waals surface area contributed by atoms with Crippen LogP contribution in [-0.2, 0) is 6.54 Å². The molecule has 3 aromatic rings. The van der Waals surface area contributed by atoms with Gasteiger partial charge in [0.2, 0.25) is 0 Å². The summed E-state index contributed by atoms with van der Waals surface area (Å²) in [5.74, 6) is 0.254. The summed E-state index contributed by atoms with van der Waals surface area (Å²) in [7, 11) is 0. The van der Waals surface area contributed by atoms with E-state index in [9.17, 15) is 4.79 Å². The van der Waals surface area contributed by atoms with Crippen LogP contribution < -0.4 is 10.6 Å². The molecule has 0 atom stereocenters. The first-order valence-corrected chi connectivity index (χ1v) is 8.58. The fourth-order valence-corrected chi connectivity index (χ4v) is 2.99. The monoisotopic (exact) mass is 366 g/mol. The number of hydrogen-bond acceptors (Lipinski definition) is 4. The molecule has 3 rings (SSSR count). The van der Waals surface area contributed by atoms with E-state index in [1.165, 1.54) is 6.33 Å². The molecule has 5 nitrogen and oxygen atoms in total. The Morgan fingerprint density at radius 1 is 1.08 bits per heavy atom. The van der Waals surface area contributed by atoms with Crippen LogP contribution in [0.25, 0.3) is 0 Å². The van der Waals surface area contributed by atoms with Crippen LogP contribution in [0.2, 0.25) is 5.02 Å². The van der Waals surface area contributed by atoms with E-state index >= 15 is 0 Å². The van der Waals surface area contributed by atoms with Crippen LogP contribution in [0.3, 0.4) is 0 Å². The number of rotatable bonds is 5. The number of hydrogen-bond donors (Lipinski definition) is 2. The molecule has 1 amide bonds. The Hall–Kier alpha value is -2.92. The van der Waals surface area contributed by atoms with Gasteiger partial charge < -0.3 is 10.6 Å². The van der Waals surface area contributed by atoms with Gasteiger partial charge in [-0.25, -0.2) is 9.97 Å². The molecule has 6 heteroatoms. The van der Waals surface area contributed by atoms with Gasteiger partial charge in [0.05, 0.1) is 10.7 Å². The first-order valence-electron chi connectivity index (χ1n) is 8.21. The minimum absolute atomic E-state index is 0.258. The summed E-state index contributed by atoms with van der Waals surface area (Å²) in [6.07, 6.45) is 1.36. The van der Waals surface area contributed by atoms with Crippen LogP contribution >= 0.6 is 11.6 Å². The molecule has 2 aromatic carbocycles. The predicted octanol–water partition coefficient (Wildman–Crippen LogP) is 4.42. The molecule has 0 spiro atoms. The molecule has 132 valence electrons. The molecular weight excluding hydrogens is 348 g/mol. The van der Waals surface area contributed by atoms with E-state index in [4.69, 9.17) is 11.6 Å². The minimum Gasteiger partial charge on any atom is -0.347 e. The van der Waals surface area contributed by atoms with Gasteiger partial charge in [-0.15, -0.1) is 0 Å². The van der Waals surface area contributed by atoms with Crippen molar-refractivity contribution in [3.63, 3.8) is 0 Å². The third-order valence-electron chi connectivity index (χ3n) is 3.88. The molecule has 0 aliphatic carbocycles. The van der Waals surface area contributed by atoms with Gasteiger partial charge in [-0.3, -0.25) is 4.79 Å². The zero-order valence-corrected chi connectivity index (χ0v) is 15.3. The first kappa shape index (κ1) is 17.9. The lowest BCUT2D eigenvalue weighted by atomic mass is 10.1. The molecule has 0 saturated heterocycles. The third-order valence-corrected chi connectivity index (χ3v) is 4.18. The summed E-state index contributed by atoms with van der Waals surface area (Å²) in [5.41, 5.74) is 4.17. The van der Waals surface area contributed by atoms with E-state index in [-0.39, 0.29) is 5.91 Å². The van der Waals surface area contributed by atoms with Crippen molar-refractivity contribution in [2.75, 3.05) is 5.32 Å². The number of halogens is 1. The number of nitrogens with zero attached hydrogens (tertiary/aromatic N) is 2. The van der Waals surface area contributed by atoms with Gasteiger partial charge in [-0.2, -0.15) is 0 Å². The first-order chi connectivity index (χ1) is 12.5. The number of aromatic nitrogens is 2. The van der Waals surface area contributed by atoms with E-state index in [2.05, 4.69) is 20.6 Å². The van der Waals surface area contributed by atoms with Crippen molar-refractivity contribution in [2.24, 2.45) is 0 Å². The lowest BCUT2D eigenvalue weighted by Crippen LogP contribution is -2.24. The summed E-state index contributed by atoms with van der Waals surface area (Å²) in [5, 5.41) is 6.63. The van der Waals surface area contributed by atoms with Crippen molar-refractivity contribution in [1.29, 1.82) is 0 Å². The topological polar surface area (TPSA) is 66.9 Å². The number of carbonyl (C=O) groups is 1. The summed E-state index contributed by atoms with van der Waals surface area (Å²) >= 11 is 6.32. The highest BCUT2D eigenvalue weighted by atomic mass is 35.5. The highest BCUT2D eigenvalue weighted by Gasteiger charge is 2.11. The molecule has 0 aliphatic rings. The van der Waals surface area contributed by atoms with Crippen LogP contribution in [0.4, 0.5) is 11.5 Å². The number of anilines is 2. The van der Waals surface area contributed by atoms with Crippen molar-refractivity contribution < 1.29 is 4.79 Å². The molecule has 0 fully saturated rings. The van der Waals surface area contributed by atoms with Crippen LogP contribution in [0, 0.1) is 13.8 Å². The molecule has 0 saturated carbocycles. The van der Waals surface area contributed by atoms with Crippen LogP contribution in [0.1, 0.15) is 27.2 Å². The summed E-state index contributed by atoms with van der Waals surface area (Å²) < 4.78 is 0. The van der Waals surface area contributed by atoms with E-state index in [1.807, 2.05) is 56.3 Å². The Balaban J connectivity index is 1.73. The number of aryl methyl sites for hydroxylation is 2. The number of nitrogens with one attached hydrogen (secondary N) is 2. The van der Waals surface area contributed by atoms with E-state index in [0.717, 1.165) is 22.4 Å². The van der Waals surface area contributed by atoms with E-state index in [1.54, 1.807) is 6.07 Å². The van der Waals surface area contributed by atoms with Crippen molar-refractivity contribution >= 4 is 29.0 Å². The Kier molecular flexibility index (Phi) is 5.49. The predicted molar refractivity (Wildman–Crippen MR) is 104 cm³/mol. The Morgan fingerprint density at radius 3 is 2.58 bits per heavy atom. The van der Waals surface area contributed by atoms with Crippen molar-refractivity contribution in [1.82, 2.24) is 15.3 Å². The number of benzene rings is 2. The maximum Gasteiger partial charge on any atom is 0.270 e. The lowest BCUT2D eigenvalue weighted by Gasteiger charge is -2.12. The Labute approximate surface area is 157 Å². The Bertz CT molecular complexity index is 905. The summed E-state index contributed by atoms with van der Waals surface area (Å²) in [6, 6.07) is 15.2. The highest BCUT2D eigenvalue weighted by molar-refractivity contribution is 6.33. The Morgan fingerprint density at radius 2 is 1.85 bits per heavy atom. The second kappa shape index (κ2) is 7.97. The van der Waals surface area contributed by atoms with Gasteiger partial charge in [0, 0.05) is 12.6 Å². The zero-order valence-electron chi connectivity index (χ0n) is 14.6. The number of amides is 1. The molecule has 26 heavy (non-hydrogen) atoms. The standard InChI is InChI=1S/C20H19ClN4O/c1-13-8-14(2)19(16(21)9-13)25-18-10-17(23-12-24-18)20(26)22-11-15-6-4-3-5-7-15/h3-10,12H,11H2,1-2H3,(H,22,26)(H,23,24,25). The largest absolute Gasteiger partial charge is 0.347 e. The second-order valence-electron chi connectivity index (χ2n) is 6.02. The SMILES string of the molecule is Cc1cc(C)c(Nc2cc(C(=O)NCc3ccccc3)ncn2)c(Cl)c1. The summed E-state index contributed by atoms with van der Waals surface area (Å²) in [4.78, 5) is 20.6. The van der Waals surface area contributed by atoms with Gasteiger partial charge >= 0.3 is 0 Å². The third kappa shape index (κ3) is 4.37. The van der Waals surface area contributed by atoms with Gasteiger partial charge in [-0.05, 0) is 36.6 Å². The van der Waals surface area contributed by atoms with Crippen LogP contribution in [-0.4, -0.2) is 15.9 Å². The van der Waals surface area contributed by atoms with E-state index < -0.39 is 0 Å². The average molecular weight is 367 g/mol. The maximum atomic E-state index is 12.3. The average Bonchev–Trinajstić information content (AvgIpc) is 2.64. The van der Waals surface area contributed by atoms with Crippen LogP contribution in [0.5, 0.6) is 0 Å². The van der Waals surface area contributed by atoms with Gasteiger partial charge in [0.25, 0.3) is 5.91 Å². The molecule has 0 aliphatic heterocycles. The maximum absolute atomic E-state index is 12.3. The van der Waals surface area contributed by atoms with Crippen molar-refractivity contribution in [2.45, 2.75) is 20.4 Å². The van der Waals surface area contributed by atoms with Crippen LogP contribution in [0.15, 0.2) is 54.9 Å². The smallest absolute Gasteiger partial charge is 0.270 e. The highest BCUT2D eigenvalue weighted by Crippen LogP contribution is 2.29. The molecule has 0 radical (unpaired) electrons. The summed E-state index contributed by atoms with van der Waals surface area (Å²) in [6.45, 7) is 4.40. The molecule has 1 aromatic heterocycles. The molecular formula is C20H19ClN4O. The molecule has 0 unspecified atom stereocenters. The number of carbonyl (C=O) groups excluding carboxylic acids is 1. The van der Waals surface area contributed by atoms with Gasteiger partial charge in [-0.1, -0.05) is 48.0 Å². The fourth-order valence-electron chi connectivity index (χ4n) is 2.62. The lowest BCUT2D eigenvalue weighted by molar-refractivity contribution is 0.0946. The quantitative estimate of drug-likeness (QED) is 0.701. The molecule has 0 bridgehead atoms. The molecule has 2 N–H and O–H groups in total. The van der Waals surface area contributed by atoms with E-state index in [0.29, 0.717) is 23.1 Å². The minimum atomic E-state index is -0.258. The second-order valence-corrected chi connectivity index (χ2v) is 6.43. The fraction of sp³-hybridized carbons (Fsp3) is 0.150. The van der Waals surface area contributed by atoms with Gasteiger partial charge in [0.15, 0.2) is 0 Å². The van der Waals surface area contributed by atoms with Crippen molar-refractivity contribution in [3.8, 4) is 0 Å². The zero-order chi connectivity index (χ0) is 18.5. The molecule has 1 heterocycles. The van der Waals surface area contributed by atoms with Crippen molar-refractivity contribution in [3.05, 3.63) is 82.3 Å². The van der Waals surface area contributed by atoms with Gasteiger partial charge in [0.1, 0.15) is 17.8 Å². The normalized spacial score (nSPS) is 10.4.